The lowest BCUT2D eigenvalue weighted by atomic mass is 10.3. The van der Waals surface area contributed by atoms with Crippen LogP contribution in [0, 0.1) is 0 Å². The molecular formula is C10H12ClN3O2. The summed E-state index contributed by atoms with van der Waals surface area (Å²) in [4.78, 5) is 21.4. The highest BCUT2D eigenvalue weighted by Crippen LogP contribution is 2.27. The molecule has 1 amide bonds. The highest BCUT2D eigenvalue weighted by molar-refractivity contribution is 6.29. The van der Waals surface area contributed by atoms with Gasteiger partial charge in [-0.2, -0.15) is 0 Å². The summed E-state index contributed by atoms with van der Waals surface area (Å²) in [6.45, 7) is 0.303. The Bertz CT molecular complexity index is 378. The molecule has 0 atom stereocenters. The molecule has 86 valence electrons. The minimum absolute atomic E-state index is 0.0384. The molecule has 1 N–H and O–H groups in total. The summed E-state index contributed by atoms with van der Waals surface area (Å²) in [7, 11) is 0. The number of carbonyl (C=O) groups excluding carboxylic acids is 1. The minimum Gasteiger partial charge on any atom is -0.395 e. The molecule has 0 aliphatic heterocycles. The van der Waals surface area contributed by atoms with Crippen LogP contribution in [0.15, 0.2) is 12.4 Å². The number of nitrogens with zero attached hydrogens (tertiary/aromatic N) is 3. The molecule has 0 bridgehead atoms. The van der Waals surface area contributed by atoms with Crippen LogP contribution in [0.25, 0.3) is 0 Å². The largest absolute Gasteiger partial charge is 0.395 e. The molecular weight excluding hydrogens is 230 g/mol. The van der Waals surface area contributed by atoms with E-state index < -0.39 is 0 Å². The molecule has 6 heteroatoms. The fourth-order valence-corrected chi connectivity index (χ4v) is 1.61. The summed E-state index contributed by atoms with van der Waals surface area (Å²) < 4.78 is 0. The van der Waals surface area contributed by atoms with E-state index in [2.05, 4.69) is 9.97 Å². The molecule has 1 saturated carbocycles. The van der Waals surface area contributed by atoms with E-state index in [1.807, 2.05) is 0 Å². The number of hydrogen-bond acceptors (Lipinski definition) is 4. The van der Waals surface area contributed by atoms with E-state index in [4.69, 9.17) is 16.7 Å². The van der Waals surface area contributed by atoms with E-state index in [-0.39, 0.29) is 29.4 Å². The van der Waals surface area contributed by atoms with E-state index in [0.29, 0.717) is 6.54 Å². The average molecular weight is 242 g/mol. The van der Waals surface area contributed by atoms with Gasteiger partial charge < -0.3 is 10.0 Å². The van der Waals surface area contributed by atoms with Crippen molar-refractivity contribution < 1.29 is 9.90 Å². The van der Waals surface area contributed by atoms with Crippen LogP contribution in [0.2, 0.25) is 5.15 Å². The molecule has 1 aromatic rings. The lowest BCUT2D eigenvalue weighted by molar-refractivity contribution is 0.0701. The van der Waals surface area contributed by atoms with Crippen LogP contribution in [0.4, 0.5) is 0 Å². The zero-order valence-corrected chi connectivity index (χ0v) is 9.39. The number of carbonyl (C=O) groups is 1. The molecule has 1 heterocycles. The maximum absolute atomic E-state index is 12.0. The van der Waals surface area contributed by atoms with E-state index in [1.165, 1.54) is 12.4 Å². The Hall–Kier alpha value is -1.20. The SMILES string of the molecule is O=C(c1cnc(Cl)cn1)N(CCO)C1CC1. The smallest absolute Gasteiger partial charge is 0.274 e. The zero-order chi connectivity index (χ0) is 11.5. The Balaban J connectivity index is 2.12. The van der Waals surface area contributed by atoms with E-state index in [1.54, 1.807) is 4.90 Å². The maximum atomic E-state index is 12.0. The topological polar surface area (TPSA) is 66.3 Å². The molecule has 16 heavy (non-hydrogen) atoms. The van der Waals surface area contributed by atoms with Crippen molar-refractivity contribution in [2.75, 3.05) is 13.2 Å². The second-order valence-corrected chi connectivity index (χ2v) is 4.06. The fraction of sp³-hybridized carbons (Fsp3) is 0.500. The molecule has 0 saturated heterocycles. The summed E-state index contributed by atoms with van der Waals surface area (Å²) in [6.07, 6.45) is 4.69. The van der Waals surface area contributed by atoms with E-state index >= 15 is 0 Å². The number of hydrogen-bond donors (Lipinski definition) is 1. The van der Waals surface area contributed by atoms with Gasteiger partial charge >= 0.3 is 0 Å². The first-order valence-corrected chi connectivity index (χ1v) is 5.49. The van der Waals surface area contributed by atoms with Crippen molar-refractivity contribution in [3.63, 3.8) is 0 Å². The third-order valence-corrected chi connectivity index (χ3v) is 2.62. The standard InChI is InChI=1S/C10H12ClN3O2/c11-9-6-12-8(5-13-9)10(16)14(3-4-15)7-1-2-7/h5-7,15H,1-4H2. The third-order valence-electron chi connectivity index (χ3n) is 2.43. The van der Waals surface area contributed by atoms with Gasteiger partial charge in [-0.15, -0.1) is 0 Å². The Morgan fingerprint density at radius 1 is 1.50 bits per heavy atom. The van der Waals surface area contributed by atoms with Crippen molar-refractivity contribution in [2.24, 2.45) is 0 Å². The zero-order valence-electron chi connectivity index (χ0n) is 8.64. The second kappa shape index (κ2) is 4.76. The van der Waals surface area contributed by atoms with Crippen LogP contribution in [-0.4, -0.2) is 45.1 Å². The Labute approximate surface area is 98.1 Å². The number of rotatable bonds is 4. The van der Waals surface area contributed by atoms with Gasteiger partial charge in [0.1, 0.15) is 10.8 Å². The van der Waals surface area contributed by atoms with Crippen molar-refractivity contribution in [1.82, 2.24) is 14.9 Å². The van der Waals surface area contributed by atoms with Crippen LogP contribution in [-0.2, 0) is 0 Å². The van der Waals surface area contributed by atoms with Gasteiger partial charge in [0.2, 0.25) is 0 Å². The van der Waals surface area contributed by atoms with E-state index in [9.17, 15) is 4.79 Å². The molecule has 1 aliphatic rings. The molecule has 0 radical (unpaired) electrons. The highest BCUT2D eigenvalue weighted by atomic mass is 35.5. The van der Waals surface area contributed by atoms with Crippen molar-refractivity contribution in [3.8, 4) is 0 Å². The molecule has 0 spiro atoms. The van der Waals surface area contributed by atoms with Crippen LogP contribution in [0.1, 0.15) is 23.3 Å². The first kappa shape index (κ1) is 11.3. The predicted molar refractivity (Wildman–Crippen MR) is 58.2 cm³/mol. The van der Waals surface area contributed by atoms with Crippen molar-refractivity contribution in [2.45, 2.75) is 18.9 Å². The Kier molecular flexibility index (Phi) is 3.36. The van der Waals surface area contributed by atoms with Gasteiger partial charge in [-0.05, 0) is 12.8 Å². The van der Waals surface area contributed by atoms with Crippen molar-refractivity contribution >= 4 is 17.5 Å². The molecule has 5 nitrogen and oxygen atoms in total. The predicted octanol–water partition coefficient (Wildman–Crippen LogP) is 0.727. The monoisotopic (exact) mass is 241 g/mol. The summed E-state index contributed by atoms with van der Waals surface area (Å²) in [5.74, 6) is -0.194. The summed E-state index contributed by atoms with van der Waals surface area (Å²) in [6, 6.07) is 0.247. The molecule has 0 aromatic carbocycles. The fourth-order valence-electron chi connectivity index (χ4n) is 1.51. The highest BCUT2D eigenvalue weighted by Gasteiger charge is 2.33. The van der Waals surface area contributed by atoms with Crippen LogP contribution < -0.4 is 0 Å². The molecule has 0 unspecified atom stereocenters. The normalized spacial score (nSPS) is 14.9. The summed E-state index contributed by atoms with van der Waals surface area (Å²) in [5.41, 5.74) is 0.268. The number of aromatic nitrogens is 2. The Morgan fingerprint density at radius 2 is 2.25 bits per heavy atom. The number of halogens is 1. The van der Waals surface area contributed by atoms with Gasteiger partial charge in [0.05, 0.1) is 19.0 Å². The minimum atomic E-state index is -0.194. The first-order valence-electron chi connectivity index (χ1n) is 5.11. The van der Waals surface area contributed by atoms with Crippen molar-refractivity contribution in [3.05, 3.63) is 23.2 Å². The lowest BCUT2D eigenvalue weighted by Gasteiger charge is -2.20. The molecule has 1 fully saturated rings. The van der Waals surface area contributed by atoms with Crippen LogP contribution >= 0.6 is 11.6 Å². The number of aliphatic hydroxyl groups is 1. The second-order valence-electron chi connectivity index (χ2n) is 3.68. The van der Waals surface area contributed by atoms with Gasteiger partial charge in [0.25, 0.3) is 5.91 Å². The quantitative estimate of drug-likeness (QED) is 0.844. The van der Waals surface area contributed by atoms with Crippen LogP contribution in [0.5, 0.6) is 0 Å². The lowest BCUT2D eigenvalue weighted by Crippen LogP contribution is -2.36. The average Bonchev–Trinajstić information content (AvgIpc) is 3.10. The third kappa shape index (κ3) is 2.48. The summed E-state index contributed by atoms with van der Waals surface area (Å²) >= 11 is 5.59. The van der Waals surface area contributed by atoms with Gasteiger partial charge in [-0.25, -0.2) is 9.97 Å². The van der Waals surface area contributed by atoms with Gasteiger partial charge in [0.15, 0.2) is 0 Å². The van der Waals surface area contributed by atoms with E-state index in [0.717, 1.165) is 12.8 Å². The number of aliphatic hydroxyl groups excluding tert-OH is 1. The van der Waals surface area contributed by atoms with Gasteiger partial charge in [-0.1, -0.05) is 11.6 Å². The maximum Gasteiger partial charge on any atom is 0.274 e. The summed E-state index contributed by atoms with van der Waals surface area (Å²) in [5, 5.41) is 9.16. The first-order chi connectivity index (χ1) is 7.72. The van der Waals surface area contributed by atoms with Crippen molar-refractivity contribution in [1.29, 1.82) is 0 Å². The van der Waals surface area contributed by atoms with Gasteiger partial charge in [0, 0.05) is 12.6 Å². The van der Waals surface area contributed by atoms with Gasteiger partial charge in [-0.3, -0.25) is 4.79 Å². The van der Waals surface area contributed by atoms with Crippen LogP contribution in [0.3, 0.4) is 0 Å². The molecule has 2 rings (SSSR count). The Morgan fingerprint density at radius 3 is 2.75 bits per heavy atom. The molecule has 1 aliphatic carbocycles. The number of amides is 1. The molecule has 1 aromatic heterocycles.